The molecule has 0 aliphatic heterocycles. The summed E-state index contributed by atoms with van der Waals surface area (Å²) in [6, 6.07) is 69.3. The molecule has 9 aromatic rings. The maximum atomic E-state index is 6.28. The lowest BCUT2D eigenvalue weighted by Gasteiger charge is -2.32. The lowest BCUT2D eigenvalue weighted by Crippen LogP contribution is -2.23. The van der Waals surface area contributed by atoms with Crippen LogP contribution in [0, 0.1) is 0 Å². The highest BCUT2D eigenvalue weighted by atomic mass is 16.3. The predicted molar refractivity (Wildman–Crippen MR) is 247 cm³/mol. The fourth-order valence-corrected chi connectivity index (χ4v) is 9.09. The van der Waals surface area contributed by atoms with Crippen LogP contribution in [0.3, 0.4) is 0 Å². The zero-order valence-electron chi connectivity index (χ0n) is 33.3. The van der Waals surface area contributed by atoms with Crippen molar-refractivity contribution in [3.63, 3.8) is 0 Å². The first-order chi connectivity index (χ1) is 29.1. The van der Waals surface area contributed by atoms with Gasteiger partial charge in [-0.15, -0.1) is 0 Å². The molecule has 1 aromatic heterocycles. The second kappa shape index (κ2) is 15.3. The number of oxazole rings is 1. The molecule has 8 aromatic carbocycles. The van der Waals surface area contributed by atoms with Crippen LogP contribution in [0.15, 0.2) is 199 Å². The number of nitrogens with zero attached hydrogens (tertiary/aromatic N) is 2. The topological polar surface area (TPSA) is 29.3 Å². The van der Waals surface area contributed by atoms with Gasteiger partial charge in [-0.25, -0.2) is 4.98 Å². The molecule has 0 N–H and O–H groups in total. The average Bonchev–Trinajstić information content (AvgIpc) is 3.86. The van der Waals surface area contributed by atoms with Crippen LogP contribution in [-0.4, -0.2) is 4.98 Å². The van der Waals surface area contributed by atoms with Gasteiger partial charge in [0.05, 0.1) is 0 Å². The summed E-state index contributed by atoms with van der Waals surface area (Å²) in [5, 5.41) is 0. The summed E-state index contributed by atoms with van der Waals surface area (Å²) in [6.07, 6.45) is 6.53. The predicted octanol–water partition coefficient (Wildman–Crippen LogP) is 15.6. The van der Waals surface area contributed by atoms with Gasteiger partial charge in [-0.3, -0.25) is 0 Å². The van der Waals surface area contributed by atoms with E-state index in [0.717, 1.165) is 63.1 Å². The van der Waals surface area contributed by atoms with Crippen molar-refractivity contribution in [3.05, 3.63) is 216 Å². The van der Waals surface area contributed by atoms with Gasteiger partial charge in [-0.2, -0.15) is 0 Å². The van der Waals surface area contributed by atoms with Crippen molar-refractivity contribution in [2.24, 2.45) is 0 Å². The first-order valence-electron chi connectivity index (χ1n) is 20.7. The van der Waals surface area contributed by atoms with Crippen molar-refractivity contribution in [2.75, 3.05) is 4.90 Å². The number of aromatic nitrogens is 1. The Bertz CT molecular complexity index is 2870. The third-order valence-electron chi connectivity index (χ3n) is 12.2. The quantitative estimate of drug-likeness (QED) is 0.130. The Balaban J connectivity index is 0.969. The van der Waals surface area contributed by atoms with E-state index in [4.69, 9.17) is 9.40 Å². The Hall–Kier alpha value is -7.23. The molecule has 0 fully saturated rings. The molecule has 0 radical (unpaired) electrons. The van der Waals surface area contributed by atoms with E-state index in [0.29, 0.717) is 5.89 Å². The monoisotopic (exact) mass is 760 g/mol. The Kier molecular flexibility index (Phi) is 9.35. The van der Waals surface area contributed by atoms with Crippen LogP contribution in [-0.2, 0) is 5.41 Å². The summed E-state index contributed by atoms with van der Waals surface area (Å²) in [5.41, 5.74) is 18.4. The maximum Gasteiger partial charge on any atom is 0.227 e. The molecule has 10 rings (SSSR count). The Morgan fingerprint density at radius 2 is 1.02 bits per heavy atom. The molecule has 0 saturated carbocycles. The van der Waals surface area contributed by atoms with Crippen LogP contribution in [0.25, 0.3) is 68.1 Å². The fourth-order valence-electron chi connectivity index (χ4n) is 9.09. The van der Waals surface area contributed by atoms with Crippen LogP contribution in [0.4, 0.5) is 17.1 Å². The van der Waals surface area contributed by atoms with E-state index in [1.807, 2.05) is 24.3 Å². The van der Waals surface area contributed by atoms with Crippen molar-refractivity contribution in [2.45, 2.75) is 32.1 Å². The molecule has 1 aliphatic rings. The van der Waals surface area contributed by atoms with Crippen molar-refractivity contribution < 1.29 is 4.42 Å². The van der Waals surface area contributed by atoms with E-state index in [1.54, 1.807) is 0 Å². The van der Waals surface area contributed by atoms with E-state index >= 15 is 0 Å². The molecule has 0 bridgehead atoms. The molecule has 1 heterocycles. The minimum atomic E-state index is -0.0775. The standard InChI is InChI=1S/C56H44N2O/c1-3-56(4-2)51-36-40(28-33-47(51)48-35-32-46(38-52(48)56)58(44-18-10-6-11-19-44)45-20-12-7-13-21-45)25-24-39-26-29-42(30-27-39)50-37-43(41-16-8-5-9-17-41)31-34-49(50)55-57-53-22-14-15-23-54(53)59-55/h5-38H,3-4H2,1-2H3/b25-24+. The summed E-state index contributed by atoms with van der Waals surface area (Å²) in [5.74, 6) is 0.625. The molecular weight excluding hydrogens is 717 g/mol. The minimum Gasteiger partial charge on any atom is -0.436 e. The minimum absolute atomic E-state index is 0.0775. The van der Waals surface area contributed by atoms with E-state index < -0.39 is 0 Å². The molecular formula is C56H44N2O. The highest BCUT2D eigenvalue weighted by Crippen LogP contribution is 2.54. The molecule has 3 heteroatoms. The van der Waals surface area contributed by atoms with Crippen molar-refractivity contribution in [3.8, 4) is 44.8 Å². The third-order valence-corrected chi connectivity index (χ3v) is 12.2. The number of para-hydroxylation sites is 4. The Morgan fingerprint density at radius 1 is 0.458 bits per heavy atom. The van der Waals surface area contributed by atoms with Gasteiger partial charge >= 0.3 is 0 Å². The van der Waals surface area contributed by atoms with E-state index in [9.17, 15) is 0 Å². The molecule has 3 nitrogen and oxygen atoms in total. The zero-order valence-corrected chi connectivity index (χ0v) is 33.3. The highest BCUT2D eigenvalue weighted by molar-refractivity contribution is 5.89. The van der Waals surface area contributed by atoms with E-state index in [1.165, 1.54) is 39.1 Å². The molecule has 0 amide bonds. The van der Waals surface area contributed by atoms with Crippen molar-refractivity contribution in [1.82, 2.24) is 4.98 Å². The highest BCUT2D eigenvalue weighted by Gasteiger charge is 2.41. The molecule has 0 unspecified atom stereocenters. The number of fused-ring (bicyclic) bond motifs is 4. The second-order valence-corrected chi connectivity index (χ2v) is 15.4. The van der Waals surface area contributed by atoms with Crippen molar-refractivity contribution in [1.29, 1.82) is 0 Å². The van der Waals surface area contributed by atoms with E-state index in [-0.39, 0.29) is 5.41 Å². The molecule has 0 saturated heterocycles. The summed E-state index contributed by atoms with van der Waals surface area (Å²) in [7, 11) is 0. The maximum absolute atomic E-state index is 6.28. The summed E-state index contributed by atoms with van der Waals surface area (Å²) < 4.78 is 6.28. The molecule has 0 spiro atoms. The van der Waals surface area contributed by atoms with Crippen molar-refractivity contribution >= 4 is 40.3 Å². The van der Waals surface area contributed by atoms with Crippen LogP contribution in [0.5, 0.6) is 0 Å². The molecule has 1 aliphatic carbocycles. The lowest BCUT2D eigenvalue weighted by atomic mass is 9.73. The van der Waals surface area contributed by atoms with Crippen LogP contribution in [0.2, 0.25) is 0 Å². The lowest BCUT2D eigenvalue weighted by molar-refractivity contribution is 0.490. The Morgan fingerprint density at radius 3 is 1.69 bits per heavy atom. The number of hydrogen-bond donors (Lipinski definition) is 0. The SMILES string of the molecule is CCC1(CC)c2cc(/C=C/c3ccc(-c4cc(-c5ccccc5)ccc4-c4nc5ccccc5o4)cc3)ccc2-c2ccc(N(c3ccccc3)c3ccccc3)cc21. The third kappa shape index (κ3) is 6.55. The molecule has 0 atom stereocenters. The van der Waals surface area contributed by atoms with Gasteiger partial charge in [0.15, 0.2) is 5.58 Å². The summed E-state index contributed by atoms with van der Waals surface area (Å²) in [6.45, 7) is 4.69. The van der Waals surface area contributed by atoms with E-state index in [2.05, 4.69) is 201 Å². The molecule has 284 valence electrons. The Labute approximate surface area is 346 Å². The first kappa shape index (κ1) is 36.1. The van der Waals surface area contributed by atoms with Gasteiger partial charge < -0.3 is 9.32 Å². The van der Waals surface area contributed by atoms with Gasteiger partial charge in [0.1, 0.15) is 5.52 Å². The first-order valence-corrected chi connectivity index (χ1v) is 20.7. The van der Waals surface area contributed by atoms with Crippen LogP contribution in [0.1, 0.15) is 48.9 Å². The normalized spacial score (nSPS) is 12.8. The van der Waals surface area contributed by atoms with Gasteiger partial charge in [0.25, 0.3) is 0 Å². The second-order valence-electron chi connectivity index (χ2n) is 15.4. The van der Waals surface area contributed by atoms with Gasteiger partial charge in [-0.05, 0) is 129 Å². The number of rotatable bonds is 10. The summed E-state index contributed by atoms with van der Waals surface area (Å²) in [4.78, 5) is 7.24. The summed E-state index contributed by atoms with van der Waals surface area (Å²) >= 11 is 0. The van der Waals surface area contributed by atoms with Crippen LogP contribution >= 0.6 is 0 Å². The zero-order chi connectivity index (χ0) is 39.8. The largest absolute Gasteiger partial charge is 0.436 e. The number of hydrogen-bond acceptors (Lipinski definition) is 3. The average molecular weight is 761 g/mol. The van der Waals surface area contributed by atoms with Crippen LogP contribution < -0.4 is 4.90 Å². The van der Waals surface area contributed by atoms with Gasteiger partial charge in [0, 0.05) is 28.0 Å². The van der Waals surface area contributed by atoms with Gasteiger partial charge in [0.2, 0.25) is 5.89 Å². The fraction of sp³-hybridized carbons (Fsp3) is 0.0893. The van der Waals surface area contributed by atoms with Gasteiger partial charge in [-0.1, -0.05) is 159 Å². The smallest absolute Gasteiger partial charge is 0.227 e. The number of anilines is 3. The molecule has 59 heavy (non-hydrogen) atoms. The number of benzene rings is 8.